The fourth-order valence-electron chi connectivity index (χ4n) is 1.61. The minimum atomic E-state index is 0.0805. The minimum Gasteiger partial charge on any atom is -0.508 e. The highest BCUT2D eigenvalue weighted by atomic mass is 35.5. The number of halogens is 1. The molecule has 2 aromatic heterocycles. The summed E-state index contributed by atoms with van der Waals surface area (Å²) in [4.78, 5) is 8.35. The Balaban J connectivity index is 2.04. The molecule has 0 atom stereocenters. The second-order valence-corrected chi connectivity index (χ2v) is 4.21. The molecule has 1 N–H and O–H groups in total. The zero-order valence-corrected chi connectivity index (χ0v) is 10.4. The first-order valence-electron chi connectivity index (χ1n) is 5.48. The molecule has 94 valence electrons. The molecule has 19 heavy (non-hydrogen) atoms. The van der Waals surface area contributed by atoms with E-state index < -0.39 is 0 Å². The van der Waals surface area contributed by atoms with Crippen LogP contribution in [-0.2, 0) is 0 Å². The molecular weight excluding hydrogens is 266 g/mol. The van der Waals surface area contributed by atoms with Crippen molar-refractivity contribution in [2.24, 2.45) is 0 Å². The predicted octanol–water partition coefficient (Wildman–Crippen LogP) is 3.16. The molecule has 5 nitrogen and oxygen atoms in total. The molecule has 2 heterocycles. The lowest BCUT2D eigenvalue weighted by Crippen LogP contribution is -1.84. The number of aromatic hydroxyl groups is 1. The minimum absolute atomic E-state index is 0.0805. The number of pyridine rings is 1. The van der Waals surface area contributed by atoms with Crippen molar-refractivity contribution in [3.05, 3.63) is 47.6 Å². The molecule has 0 unspecified atom stereocenters. The molecule has 3 rings (SSSR count). The van der Waals surface area contributed by atoms with Gasteiger partial charge in [-0.05, 0) is 30.3 Å². The average molecular weight is 274 g/mol. The lowest BCUT2D eigenvalue weighted by molar-refractivity contribution is 0.431. The van der Waals surface area contributed by atoms with Crippen LogP contribution in [0.25, 0.3) is 23.0 Å². The van der Waals surface area contributed by atoms with E-state index in [1.165, 1.54) is 12.1 Å². The second kappa shape index (κ2) is 4.70. The van der Waals surface area contributed by atoms with Gasteiger partial charge in [-0.1, -0.05) is 22.8 Å². The normalized spacial score (nSPS) is 10.6. The van der Waals surface area contributed by atoms with E-state index in [9.17, 15) is 5.11 Å². The third kappa shape index (κ3) is 2.28. The number of nitrogens with zero attached hydrogens (tertiary/aromatic N) is 3. The highest BCUT2D eigenvalue weighted by Gasteiger charge is 2.14. The topological polar surface area (TPSA) is 72.0 Å². The third-order valence-corrected chi connectivity index (χ3v) is 2.83. The van der Waals surface area contributed by atoms with Crippen molar-refractivity contribution in [2.45, 2.75) is 0 Å². The molecule has 0 spiro atoms. The molecule has 0 aliphatic heterocycles. The van der Waals surface area contributed by atoms with Gasteiger partial charge in [0.2, 0.25) is 5.82 Å². The number of phenolic OH excluding ortho intramolecular Hbond substituents is 1. The number of hydrogen-bond donors (Lipinski definition) is 1. The molecule has 6 heteroatoms. The quantitative estimate of drug-likeness (QED) is 0.776. The van der Waals surface area contributed by atoms with Gasteiger partial charge < -0.3 is 9.63 Å². The summed E-state index contributed by atoms with van der Waals surface area (Å²) in [5, 5.41) is 13.7. The summed E-state index contributed by atoms with van der Waals surface area (Å²) in [6, 6.07) is 9.94. The van der Waals surface area contributed by atoms with Gasteiger partial charge in [-0.25, -0.2) is 0 Å². The standard InChI is InChI=1S/C13H8ClN3O2/c14-10-5-4-8(18)7-9(10)13-16-12(17-19-13)11-3-1-2-6-15-11/h1-7,18H. The zero-order chi connectivity index (χ0) is 13.2. The maximum Gasteiger partial charge on any atom is 0.259 e. The number of aromatic nitrogens is 3. The molecule has 1 aromatic carbocycles. The number of phenols is 1. The van der Waals surface area contributed by atoms with Crippen LogP contribution in [0.15, 0.2) is 47.1 Å². The molecule has 0 bridgehead atoms. The zero-order valence-electron chi connectivity index (χ0n) is 9.62. The van der Waals surface area contributed by atoms with Crippen LogP contribution in [0.5, 0.6) is 5.75 Å². The first-order valence-corrected chi connectivity index (χ1v) is 5.86. The van der Waals surface area contributed by atoms with Gasteiger partial charge in [0, 0.05) is 6.20 Å². The Morgan fingerprint density at radius 3 is 2.84 bits per heavy atom. The molecule has 0 radical (unpaired) electrons. The van der Waals surface area contributed by atoms with Crippen molar-refractivity contribution in [1.29, 1.82) is 0 Å². The van der Waals surface area contributed by atoms with Crippen LogP contribution in [0.4, 0.5) is 0 Å². The second-order valence-electron chi connectivity index (χ2n) is 3.80. The van der Waals surface area contributed by atoms with Crippen molar-refractivity contribution >= 4 is 11.6 Å². The van der Waals surface area contributed by atoms with Crippen molar-refractivity contribution in [3.8, 4) is 28.7 Å². The molecule has 0 aliphatic rings. The number of benzene rings is 1. The van der Waals surface area contributed by atoms with Crippen LogP contribution in [0.1, 0.15) is 0 Å². The van der Waals surface area contributed by atoms with Crippen molar-refractivity contribution < 1.29 is 9.63 Å². The first-order chi connectivity index (χ1) is 9.24. The van der Waals surface area contributed by atoms with E-state index >= 15 is 0 Å². The third-order valence-electron chi connectivity index (χ3n) is 2.50. The van der Waals surface area contributed by atoms with Gasteiger partial charge in [-0.3, -0.25) is 4.98 Å². The highest BCUT2D eigenvalue weighted by molar-refractivity contribution is 6.33. The van der Waals surface area contributed by atoms with Gasteiger partial charge in [0.25, 0.3) is 5.89 Å². The predicted molar refractivity (Wildman–Crippen MR) is 69.6 cm³/mol. The van der Waals surface area contributed by atoms with E-state index in [1.54, 1.807) is 24.4 Å². The van der Waals surface area contributed by atoms with Gasteiger partial charge in [0.15, 0.2) is 0 Å². The van der Waals surface area contributed by atoms with Gasteiger partial charge in [0.1, 0.15) is 11.4 Å². The Labute approximate surface area is 113 Å². The van der Waals surface area contributed by atoms with Crippen LogP contribution in [0.3, 0.4) is 0 Å². The Hall–Kier alpha value is -2.40. The Kier molecular flexibility index (Phi) is 2.89. The molecule has 0 saturated carbocycles. The van der Waals surface area contributed by atoms with Crippen LogP contribution in [-0.4, -0.2) is 20.2 Å². The van der Waals surface area contributed by atoms with Gasteiger partial charge in [0.05, 0.1) is 10.6 Å². The number of hydrogen-bond acceptors (Lipinski definition) is 5. The largest absolute Gasteiger partial charge is 0.508 e. The van der Waals surface area contributed by atoms with Crippen LogP contribution in [0.2, 0.25) is 5.02 Å². The van der Waals surface area contributed by atoms with Crippen molar-refractivity contribution in [3.63, 3.8) is 0 Å². The van der Waals surface area contributed by atoms with Crippen molar-refractivity contribution in [2.75, 3.05) is 0 Å². The van der Waals surface area contributed by atoms with E-state index in [4.69, 9.17) is 16.1 Å². The van der Waals surface area contributed by atoms with E-state index in [0.717, 1.165) is 0 Å². The molecule has 0 saturated heterocycles. The van der Waals surface area contributed by atoms with Gasteiger partial charge in [-0.2, -0.15) is 4.98 Å². The monoisotopic (exact) mass is 273 g/mol. The summed E-state index contributed by atoms with van der Waals surface area (Å²) in [5.41, 5.74) is 1.09. The summed E-state index contributed by atoms with van der Waals surface area (Å²) in [6.07, 6.45) is 1.65. The number of rotatable bonds is 2. The Bertz CT molecular complexity index is 713. The van der Waals surface area contributed by atoms with Gasteiger partial charge in [-0.15, -0.1) is 0 Å². The fraction of sp³-hybridized carbons (Fsp3) is 0. The SMILES string of the molecule is Oc1ccc(Cl)c(-c2nc(-c3ccccn3)no2)c1. The molecule has 3 aromatic rings. The van der Waals surface area contributed by atoms with E-state index in [-0.39, 0.29) is 11.6 Å². The van der Waals surface area contributed by atoms with E-state index in [0.29, 0.717) is 22.1 Å². The molecule has 0 aliphatic carbocycles. The highest BCUT2D eigenvalue weighted by Crippen LogP contribution is 2.30. The maximum atomic E-state index is 9.46. The van der Waals surface area contributed by atoms with E-state index in [1.807, 2.05) is 6.07 Å². The smallest absolute Gasteiger partial charge is 0.259 e. The summed E-state index contributed by atoms with van der Waals surface area (Å²) < 4.78 is 5.14. The fourth-order valence-corrected chi connectivity index (χ4v) is 1.81. The molecular formula is C13H8ClN3O2. The van der Waals surface area contributed by atoms with Crippen LogP contribution >= 0.6 is 11.6 Å². The average Bonchev–Trinajstić information content (AvgIpc) is 2.92. The maximum absolute atomic E-state index is 9.46. The lowest BCUT2D eigenvalue weighted by Gasteiger charge is -1.98. The van der Waals surface area contributed by atoms with Crippen molar-refractivity contribution in [1.82, 2.24) is 15.1 Å². The Morgan fingerprint density at radius 1 is 1.16 bits per heavy atom. The Morgan fingerprint density at radius 2 is 2.05 bits per heavy atom. The summed E-state index contributed by atoms with van der Waals surface area (Å²) in [7, 11) is 0. The van der Waals surface area contributed by atoms with Gasteiger partial charge >= 0.3 is 0 Å². The van der Waals surface area contributed by atoms with E-state index in [2.05, 4.69) is 15.1 Å². The molecule has 0 fully saturated rings. The summed E-state index contributed by atoms with van der Waals surface area (Å²) >= 11 is 6.03. The summed E-state index contributed by atoms with van der Waals surface area (Å²) in [5.74, 6) is 0.688. The van der Waals surface area contributed by atoms with Crippen LogP contribution < -0.4 is 0 Å². The molecule has 0 amide bonds. The van der Waals surface area contributed by atoms with Crippen LogP contribution in [0, 0.1) is 0 Å². The summed E-state index contributed by atoms with van der Waals surface area (Å²) in [6.45, 7) is 0. The lowest BCUT2D eigenvalue weighted by atomic mass is 10.2. The first kappa shape index (κ1) is 11.7.